The van der Waals surface area contributed by atoms with Gasteiger partial charge in [0.25, 0.3) is 5.56 Å². The highest BCUT2D eigenvalue weighted by Crippen LogP contribution is 2.34. The maximum atomic E-state index is 13.8. The largest absolute Gasteiger partial charge is 0.493 e. The summed E-state index contributed by atoms with van der Waals surface area (Å²) in [6, 6.07) is 10.2. The zero-order chi connectivity index (χ0) is 27.6. The van der Waals surface area contributed by atoms with E-state index >= 15 is 0 Å². The second-order valence-electron chi connectivity index (χ2n) is 8.42. The van der Waals surface area contributed by atoms with Gasteiger partial charge in [-0.2, -0.15) is 0 Å². The maximum absolute atomic E-state index is 13.8. The van der Waals surface area contributed by atoms with Gasteiger partial charge >= 0.3 is 11.9 Å². The molecule has 4 rings (SSSR count). The van der Waals surface area contributed by atoms with Crippen molar-refractivity contribution in [2.45, 2.75) is 26.8 Å². The SMILES string of the molecule is CCOC(=O)C1=C(C)N=c2s/c(=C/c3cc(OC)c(OCC(=O)O)cc3Br)c(=O)n2[C@H]1c1ccc(C)cc1. The Morgan fingerprint density at radius 3 is 2.53 bits per heavy atom. The Hall–Kier alpha value is -3.70. The summed E-state index contributed by atoms with van der Waals surface area (Å²) in [5.74, 6) is -1.08. The summed E-state index contributed by atoms with van der Waals surface area (Å²) >= 11 is 4.67. The van der Waals surface area contributed by atoms with Gasteiger partial charge in [-0.3, -0.25) is 9.36 Å². The van der Waals surface area contributed by atoms with Crippen molar-refractivity contribution < 1.29 is 28.9 Å². The van der Waals surface area contributed by atoms with Crippen molar-refractivity contribution in [3.63, 3.8) is 0 Å². The molecule has 1 aromatic heterocycles. The number of aryl methyl sites for hydroxylation is 1. The molecule has 38 heavy (non-hydrogen) atoms. The number of carbonyl (C=O) groups is 2. The first-order valence-electron chi connectivity index (χ1n) is 11.6. The molecule has 0 saturated heterocycles. The number of esters is 1. The van der Waals surface area contributed by atoms with Crippen LogP contribution in [-0.2, 0) is 14.3 Å². The molecule has 2 heterocycles. The van der Waals surface area contributed by atoms with E-state index in [1.54, 1.807) is 32.1 Å². The minimum Gasteiger partial charge on any atom is -0.493 e. The number of aliphatic carboxylic acids is 1. The number of hydrogen-bond acceptors (Lipinski definition) is 8. The standard InChI is InChI=1S/C27H25BrN2O7S/c1-5-36-26(34)23-15(3)29-27-30(24(23)16-8-6-14(2)7-9-16)25(33)21(38-27)11-17-10-19(35-4)20(12-18(17)28)37-13-22(31)32/h6-12,24H,5,13H2,1-4H3,(H,31,32)/b21-11+/t24-/m0/s1. The molecular formula is C27H25BrN2O7S. The third-order valence-corrected chi connectivity index (χ3v) is 7.50. The second kappa shape index (κ2) is 11.4. The van der Waals surface area contributed by atoms with E-state index in [0.717, 1.165) is 11.1 Å². The first kappa shape index (κ1) is 27.3. The highest BCUT2D eigenvalue weighted by Gasteiger charge is 2.33. The number of halogens is 1. The number of aromatic nitrogens is 1. The van der Waals surface area contributed by atoms with Gasteiger partial charge in [-0.25, -0.2) is 14.6 Å². The Morgan fingerprint density at radius 1 is 1.18 bits per heavy atom. The Bertz CT molecular complexity index is 1620. The van der Waals surface area contributed by atoms with Crippen LogP contribution in [0, 0.1) is 6.92 Å². The van der Waals surface area contributed by atoms with Gasteiger partial charge in [0.05, 0.1) is 35.6 Å². The number of ether oxygens (including phenoxy) is 3. The first-order valence-corrected chi connectivity index (χ1v) is 13.2. The van der Waals surface area contributed by atoms with Crippen molar-refractivity contribution in [3.8, 4) is 11.5 Å². The van der Waals surface area contributed by atoms with Crippen molar-refractivity contribution >= 4 is 45.3 Å². The van der Waals surface area contributed by atoms with Crippen LogP contribution in [0.5, 0.6) is 11.5 Å². The molecular weight excluding hydrogens is 576 g/mol. The van der Waals surface area contributed by atoms with Crippen LogP contribution in [0.4, 0.5) is 0 Å². The van der Waals surface area contributed by atoms with E-state index < -0.39 is 24.6 Å². The van der Waals surface area contributed by atoms with E-state index in [0.29, 0.717) is 36.4 Å². The van der Waals surface area contributed by atoms with E-state index in [9.17, 15) is 14.4 Å². The molecule has 0 radical (unpaired) electrons. The number of hydrogen-bond donors (Lipinski definition) is 1. The van der Waals surface area contributed by atoms with Gasteiger partial charge in [0, 0.05) is 4.47 Å². The molecule has 11 heteroatoms. The number of allylic oxidation sites excluding steroid dienone is 1. The number of nitrogens with zero attached hydrogens (tertiary/aromatic N) is 2. The summed E-state index contributed by atoms with van der Waals surface area (Å²) in [5.41, 5.74) is 2.92. The summed E-state index contributed by atoms with van der Waals surface area (Å²) in [4.78, 5) is 42.7. The van der Waals surface area contributed by atoms with E-state index in [1.807, 2.05) is 31.2 Å². The van der Waals surface area contributed by atoms with Gasteiger partial charge in [-0.1, -0.05) is 57.1 Å². The number of thiazole rings is 1. The molecule has 0 spiro atoms. The quantitative estimate of drug-likeness (QED) is 0.394. The Kier molecular flexibility index (Phi) is 8.17. The molecule has 0 fully saturated rings. The minimum atomic E-state index is -1.12. The van der Waals surface area contributed by atoms with Gasteiger partial charge < -0.3 is 19.3 Å². The van der Waals surface area contributed by atoms with Crippen LogP contribution in [-0.4, -0.2) is 41.9 Å². The number of carboxylic acids is 1. The molecule has 0 bridgehead atoms. The number of carbonyl (C=O) groups excluding carboxylic acids is 1. The summed E-state index contributed by atoms with van der Waals surface area (Å²) in [7, 11) is 1.44. The molecule has 9 nitrogen and oxygen atoms in total. The van der Waals surface area contributed by atoms with E-state index in [2.05, 4.69) is 20.9 Å². The number of fused-ring (bicyclic) bond motifs is 1. The van der Waals surface area contributed by atoms with E-state index in [1.165, 1.54) is 23.0 Å². The maximum Gasteiger partial charge on any atom is 0.341 e. The van der Waals surface area contributed by atoms with Crippen LogP contribution >= 0.6 is 27.3 Å². The number of benzene rings is 2. The van der Waals surface area contributed by atoms with Crippen molar-refractivity contribution in [2.24, 2.45) is 4.99 Å². The second-order valence-corrected chi connectivity index (χ2v) is 10.3. The molecule has 1 atom stereocenters. The monoisotopic (exact) mass is 600 g/mol. The molecule has 3 aromatic rings. The van der Waals surface area contributed by atoms with Gasteiger partial charge in [0.15, 0.2) is 22.9 Å². The van der Waals surface area contributed by atoms with Crippen molar-refractivity contribution in [1.82, 2.24) is 4.57 Å². The van der Waals surface area contributed by atoms with Crippen LogP contribution in [0.25, 0.3) is 6.08 Å². The van der Waals surface area contributed by atoms with Gasteiger partial charge in [0.1, 0.15) is 0 Å². The number of carboxylic acid groups (broad SMARTS) is 1. The Balaban J connectivity index is 1.88. The fraction of sp³-hybridized carbons (Fsp3) is 0.259. The zero-order valence-electron chi connectivity index (χ0n) is 21.1. The lowest BCUT2D eigenvalue weighted by Crippen LogP contribution is -2.39. The molecule has 1 N–H and O–H groups in total. The lowest BCUT2D eigenvalue weighted by atomic mass is 9.95. The summed E-state index contributed by atoms with van der Waals surface area (Å²) in [6.07, 6.45) is 1.69. The predicted molar refractivity (Wildman–Crippen MR) is 145 cm³/mol. The van der Waals surface area contributed by atoms with Crippen LogP contribution in [0.15, 0.2) is 61.9 Å². The molecule has 1 aliphatic rings. The molecule has 0 unspecified atom stereocenters. The Morgan fingerprint density at radius 2 is 1.89 bits per heavy atom. The van der Waals surface area contributed by atoms with Gasteiger partial charge in [-0.15, -0.1) is 0 Å². The third-order valence-electron chi connectivity index (χ3n) is 5.83. The van der Waals surface area contributed by atoms with E-state index in [4.69, 9.17) is 19.3 Å². The average Bonchev–Trinajstić information content (AvgIpc) is 3.18. The van der Waals surface area contributed by atoms with Crippen LogP contribution in [0.1, 0.15) is 36.6 Å². The molecule has 198 valence electrons. The topological polar surface area (TPSA) is 116 Å². The fourth-order valence-electron chi connectivity index (χ4n) is 4.07. The molecule has 0 aliphatic carbocycles. The number of rotatable bonds is 8. The molecule has 0 amide bonds. The highest BCUT2D eigenvalue weighted by atomic mass is 79.9. The van der Waals surface area contributed by atoms with Crippen molar-refractivity contribution in [2.75, 3.05) is 20.3 Å². The minimum absolute atomic E-state index is 0.197. The molecule has 0 saturated carbocycles. The zero-order valence-corrected chi connectivity index (χ0v) is 23.5. The molecule has 2 aromatic carbocycles. The summed E-state index contributed by atoms with van der Waals surface area (Å²) in [5, 5.41) is 8.93. The lowest BCUT2D eigenvalue weighted by molar-refractivity contribution is -0.140. The summed E-state index contributed by atoms with van der Waals surface area (Å²) in [6.45, 7) is 5.10. The van der Waals surface area contributed by atoms with Gasteiger partial charge in [-0.05, 0) is 50.1 Å². The fourth-order valence-corrected chi connectivity index (χ4v) is 5.54. The van der Waals surface area contributed by atoms with Crippen molar-refractivity contribution in [3.05, 3.63) is 88.5 Å². The average molecular weight is 601 g/mol. The predicted octanol–water partition coefficient (Wildman–Crippen LogP) is 3.34. The van der Waals surface area contributed by atoms with Crippen LogP contribution < -0.4 is 24.4 Å². The van der Waals surface area contributed by atoms with Crippen LogP contribution in [0.2, 0.25) is 0 Å². The number of methoxy groups -OCH3 is 1. The molecule has 1 aliphatic heterocycles. The highest BCUT2D eigenvalue weighted by molar-refractivity contribution is 9.10. The summed E-state index contributed by atoms with van der Waals surface area (Å²) < 4.78 is 18.5. The van der Waals surface area contributed by atoms with E-state index in [-0.39, 0.29) is 17.9 Å². The Labute approximate surface area is 230 Å². The van der Waals surface area contributed by atoms with Crippen molar-refractivity contribution in [1.29, 1.82) is 0 Å². The smallest absolute Gasteiger partial charge is 0.341 e. The third kappa shape index (κ3) is 5.44. The van der Waals surface area contributed by atoms with Gasteiger partial charge in [0.2, 0.25) is 0 Å². The normalized spacial score (nSPS) is 15.1. The lowest BCUT2D eigenvalue weighted by Gasteiger charge is -2.24. The first-order chi connectivity index (χ1) is 18.1. The van der Waals surface area contributed by atoms with Crippen LogP contribution in [0.3, 0.4) is 0 Å².